The third kappa shape index (κ3) is 2.98. The standard InChI is InChI=1S/C8H8FN3.ClH/c9-8-6(2-1-5-12-8)7(11)3-4-10;/h1-2,5,7H,3,11H2;1H/t7-;/m0./s1. The van der Waals surface area contributed by atoms with Crippen LogP contribution in [0, 0.1) is 17.3 Å². The molecule has 2 N–H and O–H groups in total. The van der Waals surface area contributed by atoms with Crippen molar-refractivity contribution in [1.82, 2.24) is 4.98 Å². The molecule has 1 heterocycles. The molecule has 0 saturated carbocycles. The number of aromatic nitrogens is 1. The number of nitriles is 1. The molecule has 0 aliphatic carbocycles. The Labute approximate surface area is 81.8 Å². The maximum absolute atomic E-state index is 12.9. The molecule has 0 saturated heterocycles. The number of nitrogens with two attached hydrogens (primary N) is 1. The van der Waals surface area contributed by atoms with Crippen LogP contribution in [0.4, 0.5) is 4.39 Å². The fourth-order valence-corrected chi connectivity index (χ4v) is 0.883. The van der Waals surface area contributed by atoms with Gasteiger partial charge in [0.25, 0.3) is 0 Å². The summed E-state index contributed by atoms with van der Waals surface area (Å²) in [6, 6.07) is 4.42. The van der Waals surface area contributed by atoms with E-state index in [1.54, 1.807) is 6.07 Å². The average molecular weight is 202 g/mol. The maximum atomic E-state index is 12.9. The fourth-order valence-electron chi connectivity index (χ4n) is 0.883. The molecular formula is C8H9ClFN3. The lowest BCUT2D eigenvalue weighted by atomic mass is 10.1. The molecule has 0 aromatic carbocycles. The summed E-state index contributed by atoms with van der Waals surface area (Å²) >= 11 is 0. The van der Waals surface area contributed by atoms with Crippen LogP contribution >= 0.6 is 12.4 Å². The average Bonchev–Trinajstić information content (AvgIpc) is 2.05. The zero-order chi connectivity index (χ0) is 8.97. The number of hydrogen-bond acceptors (Lipinski definition) is 3. The summed E-state index contributed by atoms with van der Waals surface area (Å²) in [5.74, 6) is -0.597. The van der Waals surface area contributed by atoms with E-state index in [1.807, 2.05) is 6.07 Å². The highest BCUT2D eigenvalue weighted by Crippen LogP contribution is 2.14. The van der Waals surface area contributed by atoms with Gasteiger partial charge in [-0.25, -0.2) is 4.98 Å². The fraction of sp³-hybridized carbons (Fsp3) is 0.250. The third-order valence-electron chi connectivity index (χ3n) is 1.50. The van der Waals surface area contributed by atoms with Gasteiger partial charge in [0.2, 0.25) is 5.95 Å². The molecule has 0 spiro atoms. The van der Waals surface area contributed by atoms with Crippen molar-refractivity contribution < 1.29 is 4.39 Å². The van der Waals surface area contributed by atoms with Crippen LogP contribution in [-0.4, -0.2) is 4.98 Å². The summed E-state index contributed by atoms with van der Waals surface area (Å²) < 4.78 is 12.9. The third-order valence-corrected chi connectivity index (χ3v) is 1.50. The minimum Gasteiger partial charge on any atom is -0.323 e. The molecule has 0 bridgehead atoms. The maximum Gasteiger partial charge on any atom is 0.217 e. The van der Waals surface area contributed by atoms with Crippen LogP contribution in [0.5, 0.6) is 0 Å². The van der Waals surface area contributed by atoms with Crippen molar-refractivity contribution in [2.75, 3.05) is 0 Å². The van der Waals surface area contributed by atoms with Crippen LogP contribution in [0.25, 0.3) is 0 Å². The zero-order valence-corrected chi connectivity index (χ0v) is 7.59. The van der Waals surface area contributed by atoms with Crippen molar-refractivity contribution in [1.29, 1.82) is 5.26 Å². The van der Waals surface area contributed by atoms with Gasteiger partial charge in [-0.3, -0.25) is 0 Å². The predicted octanol–water partition coefficient (Wildman–Crippen LogP) is 1.56. The highest BCUT2D eigenvalue weighted by atomic mass is 35.5. The molecule has 70 valence electrons. The van der Waals surface area contributed by atoms with E-state index < -0.39 is 12.0 Å². The Morgan fingerprint density at radius 1 is 1.69 bits per heavy atom. The van der Waals surface area contributed by atoms with Gasteiger partial charge in [0.1, 0.15) is 0 Å². The number of hydrogen-bond donors (Lipinski definition) is 1. The first kappa shape index (κ1) is 11.8. The molecule has 1 rings (SSSR count). The van der Waals surface area contributed by atoms with Crippen LogP contribution in [0.2, 0.25) is 0 Å². The molecule has 0 aliphatic rings. The first-order valence-corrected chi connectivity index (χ1v) is 3.48. The summed E-state index contributed by atoms with van der Waals surface area (Å²) in [5, 5.41) is 8.32. The van der Waals surface area contributed by atoms with E-state index in [4.69, 9.17) is 11.0 Å². The molecule has 5 heteroatoms. The molecule has 0 radical (unpaired) electrons. The molecule has 3 nitrogen and oxygen atoms in total. The zero-order valence-electron chi connectivity index (χ0n) is 6.77. The Morgan fingerprint density at radius 3 is 2.92 bits per heavy atom. The lowest BCUT2D eigenvalue weighted by Gasteiger charge is -2.06. The number of nitrogens with zero attached hydrogens (tertiary/aromatic N) is 2. The number of halogens is 2. The largest absolute Gasteiger partial charge is 0.323 e. The van der Waals surface area contributed by atoms with Crippen molar-refractivity contribution in [3.05, 3.63) is 29.8 Å². The summed E-state index contributed by atoms with van der Waals surface area (Å²) in [6.07, 6.45) is 1.44. The molecule has 0 unspecified atom stereocenters. The highest BCUT2D eigenvalue weighted by molar-refractivity contribution is 5.85. The van der Waals surface area contributed by atoms with Crippen molar-refractivity contribution in [2.45, 2.75) is 12.5 Å². The molecule has 0 aliphatic heterocycles. The van der Waals surface area contributed by atoms with E-state index in [0.29, 0.717) is 5.56 Å². The van der Waals surface area contributed by atoms with E-state index in [9.17, 15) is 4.39 Å². The van der Waals surface area contributed by atoms with Crippen LogP contribution < -0.4 is 5.73 Å². The topological polar surface area (TPSA) is 62.7 Å². The molecular weight excluding hydrogens is 193 g/mol. The van der Waals surface area contributed by atoms with Crippen molar-refractivity contribution in [2.24, 2.45) is 5.73 Å². The highest BCUT2D eigenvalue weighted by Gasteiger charge is 2.10. The second-order valence-corrected chi connectivity index (χ2v) is 2.35. The number of pyridine rings is 1. The van der Waals surface area contributed by atoms with Crippen molar-refractivity contribution in [3.8, 4) is 6.07 Å². The van der Waals surface area contributed by atoms with E-state index in [1.165, 1.54) is 12.3 Å². The summed E-state index contributed by atoms with van der Waals surface area (Å²) in [7, 11) is 0. The van der Waals surface area contributed by atoms with E-state index >= 15 is 0 Å². The van der Waals surface area contributed by atoms with Crippen LogP contribution in [0.3, 0.4) is 0 Å². The van der Waals surface area contributed by atoms with E-state index in [0.717, 1.165) is 0 Å². The van der Waals surface area contributed by atoms with Gasteiger partial charge in [-0.1, -0.05) is 6.07 Å². The van der Waals surface area contributed by atoms with Gasteiger partial charge in [0, 0.05) is 17.8 Å². The first-order chi connectivity index (χ1) is 5.75. The molecule has 13 heavy (non-hydrogen) atoms. The van der Waals surface area contributed by atoms with E-state index in [-0.39, 0.29) is 18.8 Å². The second kappa shape index (κ2) is 5.46. The Bertz CT molecular complexity index is 311. The van der Waals surface area contributed by atoms with Gasteiger partial charge in [-0.05, 0) is 6.07 Å². The predicted molar refractivity (Wildman–Crippen MR) is 48.6 cm³/mol. The smallest absolute Gasteiger partial charge is 0.217 e. The Hall–Kier alpha value is -1.18. The monoisotopic (exact) mass is 201 g/mol. The van der Waals surface area contributed by atoms with Crippen LogP contribution in [0.15, 0.2) is 18.3 Å². The molecule has 1 aromatic rings. The Morgan fingerprint density at radius 2 is 2.38 bits per heavy atom. The second-order valence-electron chi connectivity index (χ2n) is 2.35. The minimum absolute atomic E-state index is 0. The molecule has 0 fully saturated rings. The summed E-state index contributed by atoms with van der Waals surface area (Å²) in [6.45, 7) is 0. The SMILES string of the molecule is Cl.N#CC[C@H](N)c1cccnc1F. The molecule has 0 amide bonds. The van der Waals surface area contributed by atoms with E-state index in [2.05, 4.69) is 4.98 Å². The van der Waals surface area contributed by atoms with Gasteiger partial charge >= 0.3 is 0 Å². The van der Waals surface area contributed by atoms with Crippen molar-refractivity contribution in [3.63, 3.8) is 0 Å². The van der Waals surface area contributed by atoms with Gasteiger partial charge in [-0.2, -0.15) is 9.65 Å². The van der Waals surface area contributed by atoms with Gasteiger partial charge in [-0.15, -0.1) is 12.4 Å². The quantitative estimate of drug-likeness (QED) is 0.739. The Balaban J connectivity index is 0.00000144. The number of rotatable bonds is 2. The van der Waals surface area contributed by atoms with Gasteiger partial charge in [0.15, 0.2) is 0 Å². The van der Waals surface area contributed by atoms with Crippen molar-refractivity contribution >= 4 is 12.4 Å². The summed E-state index contributed by atoms with van der Waals surface area (Å²) in [5.41, 5.74) is 5.79. The Kier molecular flexibility index (Phi) is 4.97. The lowest BCUT2D eigenvalue weighted by molar-refractivity contribution is 0.546. The lowest BCUT2D eigenvalue weighted by Crippen LogP contribution is -2.11. The van der Waals surface area contributed by atoms with Gasteiger partial charge < -0.3 is 5.73 Å². The normalized spacial score (nSPS) is 11.2. The minimum atomic E-state index is -0.597. The van der Waals surface area contributed by atoms with Gasteiger partial charge in [0.05, 0.1) is 12.5 Å². The molecule has 1 aromatic heterocycles. The van der Waals surface area contributed by atoms with Crippen LogP contribution in [-0.2, 0) is 0 Å². The van der Waals surface area contributed by atoms with Crippen LogP contribution in [0.1, 0.15) is 18.0 Å². The first-order valence-electron chi connectivity index (χ1n) is 3.48. The summed E-state index contributed by atoms with van der Waals surface area (Å²) in [4.78, 5) is 3.43. The molecule has 1 atom stereocenters.